The number of nitrogens with one attached hydrogen (secondary N) is 1. The summed E-state index contributed by atoms with van der Waals surface area (Å²) in [4.78, 5) is -0.0894. The Hall–Kier alpha value is -1.14. The van der Waals surface area contributed by atoms with Gasteiger partial charge in [0.15, 0.2) is 0 Å². The largest absolute Gasteiger partial charge is 0.398 e. The lowest BCUT2D eigenvalue weighted by Crippen LogP contribution is -2.37. The first-order valence-electron chi connectivity index (χ1n) is 6.11. The van der Waals surface area contributed by atoms with Gasteiger partial charge in [0.2, 0.25) is 10.0 Å². The van der Waals surface area contributed by atoms with Crippen molar-refractivity contribution in [2.45, 2.75) is 32.6 Å². The van der Waals surface area contributed by atoms with E-state index in [4.69, 9.17) is 5.73 Å². The molecule has 0 aliphatic carbocycles. The average molecular weight is 288 g/mol. The lowest BCUT2D eigenvalue weighted by atomic mass is 9.81. The molecule has 0 spiro atoms. The molecule has 3 N–H and O–H groups in total. The molecular weight excluding hydrogens is 267 g/mol. The first-order valence-corrected chi connectivity index (χ1v) is 7.59. The zero-order chi connectivity index (χ0) is 14.8. The van der Waals surface area contributed by atoms with Gasteiger partial charge in [0.1, 0.15) is 10.7 Å². The molecule has 1 aromatic carbocycles. The number of hydrogen-bond donors (Lipinski definition) is 2. The lowest BCUT2D eigenvalue weighted by molar-refractivity contribution is 0.252. The highest BCUT2D eigenvalue weighted by Gasteiger charge is 2.26. The molecule has 6 heteroatoms. The van der Waals surface area contributed by atoms with Crippen molar-refractivity contribution in [1.82, 2.24) is 4.72 Å². The van der Waals surface area contributed by atoms with Crippen LogP contribution in [0.1, 0.15) is 27.7 Å². The molecule has 1 aromatic rings. The van der Waals surface area contributed by atoms with Gasteiger partial charge in [-0.2, -0.15) is 0 Å². The molecule has 4 nitrogen and oxygen atoms in total. The molecule has 0 aliphatic rings. The fraction of sp³-hybridized carbons (Fsp3) is 0.538. The standard InChI is InChI=1S/C13H21FN2O2S/c1-9(2)13(3,4)8-16-19(17,18)12-6-5-10(14)7-11(12)15/h5-7,9,16H,8,15H2,1-4H3. The van der Waals surface area contributed by atoms with Crippen molar-refractivity contribution < 1.29 is 12.8 Å². The van der Waals surface area contributed by atoms with E-state index in [0.29, 0.717) is 12.5 Å². The second-order valence-corrected chi connectivity index (χ2v) is 7.39. The number of hydrogen-bond acceptors (Lipinski definition) is 3. The molecule has 19 heavy (non-hydrogen) atoms. The van der Waals surface area contributed by atoms with Gasteiger partial charge in [-0.3, -0.25) is 0 Å². The molecule has 0 aliphatic heterocycles. The Morgan fingerprint density at radius 1 is 1.37 bits per heavy atom. The summed E-state index contributed by atoms with van der Waals surface area (Å²) in [6.07, 6.45) is 0. The smallest absolute Gasteiger partial charge is 0.242 e. The summed E-state index contributed by atoms with van der Waals surface area (Å²) in [5.74, 6) is -0.236. The number of nitrogens with two attached hydrogens (primary N) is 1. The number of sulfonamides is 1. The SMILES string of the molecule is CC(C)C(C)(C)CNS(=O)(=O)c1ccc(F)cc1N. The Labute approximate surface area is 114 Å². The van der Waals surface area contributed by atoms with Crippen LogP contribution in [0.4, 0.5) is 10.1 Å². The maximum Gasteiger partial charge on any atom is 0.242 e. The fourth-order valence-corrected chi connectivity index (χ4v) is 2.66. The summed E-state index contributed by atoms with van der Waals surface area (Å²) in [5.41, 5.74) is 5.28. The van der Waals surface area contributed by atoms with Gasteiger partial charge in [0.05, 0.1) is 5.69 Å². The van der Waals surface area contributed by atoms with Crippen molar-refractivity contribution in [3.63, 3.8) is 0 Å². The topological polar surface area (TPSA) is 72.2 Å². The number of halogens is 1. The molecule has 0 amide bonds. The minimum Gasteiger partial charge on any atom is -0.398 e. The van der Waals surface area contributed by atoms with Gasteiger partial charge < -0.3 is 5.73 Å². The number of benzene rings is 1. The van der Waals surface area contributed by atoms with Crippen LogP contribution in [0.5, 0.6) is 0 Å². The summed E-state index contributed by atoms with van der Waals surface area (Å²) >= 11 is 0. The van der Waals surface area contributed by atoms with Crippen LogP contribution in [0.15, 0.2) is 23.1 Å². The van der Waals surface area contributed by atoms with E-state index in [2.05, 4.69) is 4.72 Å². The van der Waals surface area contributed by atoms with Crippen LogP contribution in [0.2, 0.25) is 0 Å². The highest BCUT2D eigenvalue weighted by molar-refractivity contribution is 7.89. The van der Waals surface area contributed by atoms with E-state index in [1.165, 1.54) is 6.07 Å². The van der Waals surface area contributed by atoms with Crippen molar-refractivity contribution in [2.24, 2.45) is 11.3 Å². The van der Waals surface area contributed by atoms with Crippen molar-refractivity contribution in [1.29, 1.82) is 0 Å². The normalized spacial score (nSPS) is 12.9. The molecule has 0 fully saturated rings. The number of nitrogen functional groups attached to an aromatic ring is 1. The van der Waals surface area contributed by atoms with Crippen molar-refractivity contribution in [3.05, 3.63) is 24.0 Å². The number of rotatable bonds is 5. The number of anilines is 1. The predicted octanol–water partition coefficient (Wildman–Crippen LogP) is 2.37. The molecule has 0 bridgehead atoms. The minimum absolute atomic E-state index is 0.0881. The van der Waals surface area contributed by atoms with E-state index in [-0.39, 0.29) is 16.0 Å². The van der Waals surface area contributed by atoms with Gasteiger partial charge in [-0.05, 0) is 29.5 Å². The summed E-state index contributed by atoms with van der Waals surface area (Å²) in [7, 11) is -3.72. The third-order valence-corrected chi connectivity index (χ3v) is 5.02. The van der Waals surface area contributed by atoms with Crippen LogP contribution in [0.3, 0.4) is 0 Å². The first kappa shape index (κ1) is 15.9. The Balaban J connectivity index is 2.94. The molecule has 0 atom stereocenters. The van der Waals surface area contributed by atoms with Gasteiger partial charge >= 0.3 is 0 Å². The maximum absolute atomic E-state index is 12.9. The molecule has 0 saturated carbocycles. The van der Waals surface area contributed by atoms with E-state index in [9.17, 15) is 12.8 Å². The molecule has 0 radical (unpaired) electrons. The van der Waals surface area contributed by atoms with Crippen molar-refractivity contribution in [3.8, 4) is 0 Å². The minimum atomic E-state index is -3.72. The summed E-state index contributed by atoms with van der Waals surface area (Å²) < 4.78 is 39.7. The zero-order valence-electron chi connectivity index (χ0n) is 11.7. The molecule has 0 unspecified atom stereocenters. The van der Waals surface area contributed by atoms with Gasteiger partial charge in [-0.25, -0.2) is 17.5 Å². The van der Waals surface area contributed by atoms with Gasteiger partial charge in [0, 0.05) is 6.54 Å². The van der Waals surface area contributed by atoms with E-state index in [1.54, 1.807) is 0 Å². The summed E-state index contributed by atoms with van der Waals surface area (Å²) in [6, 6.07) is 3.26. The third-order valence-electron chi connectivity index (χ3n) is 3.54. The highest BCUT2D eigenvalue weighted by Crippen LogP contribution is 2.26. The van der Waals surface area contributed by atoms with E-state index in [1.807, 2.05) is 27.7 Å². The summed E-state index contributed by atoms with van der Waals surface area (Å²) in [5, 5.41) is 0. The Kier molecular flexibility index (Phi) is 4.58. The third kappa shape index (κ3) is 3.91. The van der Waals surface area contributed by atoms with Crippen LogP contribution >= 0.6 is 0 Å². The molecule has 0 heterocycles. The first-order chi connectivity index (χ1) is 8.56. The van der Waals surface area contributed by atoms with E-state index >= 15 is 0 Å². The van der Waals surface area contributed by atoms with Crippen LogP contribution in [-0.2, 0) is 10.0 Å². The quantitative estimate of drug-likeness (QED) is 0.817. The van der Waals surface area contributed by atoms with Crippen LogP contribution in [0.25, 0.3) is 0 Å². The second kappa shape index (κ2) is 5.46. The monoisotopic (exact) mass is 288 g/mol. The molecule has 1 rings (SSSR count). The molecular formula is C13H21FN2O2S. The molecule has 108 valence electrons. The van der Waals surface area contributed by atoms with Crippen LogP contribution in [-0.4, -0.2) is 15.0 Å². The van der Waals surface area contributed by atoms with Crippen LogP contribution < -0.4 is 10.5 Å². The average Bonchev–Trinajstić information content (AvgIpc) is 2.26. The maximum atomic E-state index is 12.9. The lowest BCUT2D eigenvalue weighted by Gasteiger charge is -2.29. The van der Waals surface area contributed by atoms with Crippen molar-refractivity contribution >= 4 is 15.7 Å². The predicted molar refractivity (Wildman–Crippen MR) is 74.6 cm³/mol. The molecule has 0 saturated heterocycles. The van der Waals surface area contributed by atoms with Gasteiger partial charge in [0.25, 0.3) is 0 Å². The van der Waals surface area contributed by atoms with E-state index in [0.717, 1.165) is 12.1 Å². The van der Waals surface area contributed by atoms with E-state index < -0.39 is 15.8 Å². The molecule has 0 aromatic heterocycles. The Morgan fingerprint density at radius 3 is 2.42 bits per heavy atom. The van der Waals surface area contributed by atoms with Crippen molar-refractivity contribution in [2.75, 3.05) is 12.3 Å². The van der Waals surface area contributed by atoms with Gasteiger partial charge in [-0.15, -0.1) is 0 Å². The summed E-state index contributed by atoms with van der Waals surface area (Å²) in [6.45, 7) is 8.31. The zero-order valence-corrected chi connectivity index (χ0v) is 12.5. The fourth-order valence-electron chi connectivity index (χ4n) is 1.33. The Bertz CT molecular complexity index is 554. The second-order valence-electron chi connectivity index (χ2n) is 5.65. The Morgan fingerprint density at radius 2 is 1.95 bits per heavy atom. The highest BCUT2D eigenvalue weighted by atomic mass is 32.2. The van der Waals surface area contributed by atoms with Crippen LogP contribution in [0, 0.1) is 17.2 Å². The van der Waals surface area contributed by atoms with Gasteiger partial charge in [-0.1, -0.05) is 27.7 Å².